The van der Waals surface area contributed by atoms with Gasteiger partial charge in [-0.25, -0.2) is 0 Å². The van der Waals surface area contributed by atoms with Crippen LogP contribution in [0, 0.1) is 35.0 Å². The Hall–Kier alpha value is -2.76. The fourth-order valence-electron chi connectivity index (χ4n) is 4.82. The lowest BCUT2D eigenvalue weighted by molar-refractivity contribution is -0.140. The lowest BCUT2D eigenvalue weighted by Gasteiger charge is -2.13. The van der Waals surface area contributed by atoms with Crippen LogP contribution in [0.15, 0.2) is 62.6 Å². The van der Waals surface area contributed by atoms with Gasteiger partial charge in [-0.3, -0.25) is 9.59 Å². The fourth-order valence-corrected chi connectivity index (χ4v) is 6.27. The average molecular weight is 555 g/mol. The molecule has 0 N–H and O–H groups in total. The van der Waals surface area contributed by atoms with Crippen molar-refractivity contribution in [2.75, 3.05) is 0 Å². The number of hydrazone groups is 1. The molecular formula is C24H17Br2N3O3. The second-order valence-corrected chi connectivity index (χ2v) is 9.81. The van der Waals surface area contributed by atoms with Crippen LogP contribution in [-0.4, -0.2) is 23.0 Å². The number of hydrogen-bond donors (Lipinski definition) is 0. The van der Waals surface area contributed by atoms with Gasteiger partial charge in [0.25, 0.3) is 11.8 Å². The Morgan fingerprint density at radius 2 is 1.72 bits per heavy atom. The number of carbonyl (C=O) groups is 2. The van der Waals surface area contributed by atoms with Crippen LogP contribution in [-0.2, 0) is 16.2 Å². The van der Waals surface area contributed by atoms with Crippen LogP contribution in [0.2, 0.25) is 0 Å². The number of allylic oxidation sites excluding steroid dienone is 2. The first kappa shape index (κ1) is 21.1. The van der Waals surface area contributed by atoms with E-state index in [9.17, 15) is 14.9 Å². The molecule has 1 saturated heterocycles. The van der Waals surface area contributed by atoms with Crippen molar-refractivity contribution in [3.63, 3.8) is 0 Å². The molecule has 8 heteroatoms. The van der Waals surface area contributed by atoms with Gasteiger partial charge in [0, 0.05) is 5.56 Å². The van der Waals surface area contributed by atoms with Crippen LogP contribution in [0.25, 0.3) is 0 Å². The molecule has 0 aromatic heterocycles. The summed E-state index contributed by atoms with van der Waals surface area (Å²) in [5.74, 6) is -0.0365. The zero-order valence-corrected chi connectivity index (χ0v) is 19.9. The zero-order valence-electron chi connectivity index (χ0n) is 16.7. The van der Waals surface area contributed by atoms with Crippen LogP contribution < -0.4 is 4.74 Å². The van der Waals surface area contributed by atoms with Crippen LogP contribution in [0.1, 0.15) is 23.1 Å². The smallest absolute Gasteiger partial charge is 0.254 e. The molecule has 3 aliphatic rings. The molecule has 1 saturated carbocycles. The van der Waals surface area contributed by atoms with Crippen LogP contribution in [0.4, 0.5) is 0 Å². The molecule has 2 aromatic rings. The van der Waals surface area contributed by atoms with Gasteiger partial charge in [-0.2, -0.15) is 15.4 Å². The Bertz CT molecular complexity index is 1180. The SMILES string of the molecule is N#Cc1ccccc1COc1c(Br)cc(C=NN2C(=O)[C@@H]3[C@H](C2=O)[C@H]2C=C[C@H]3C2)cc1Br. The monoisotopic (exact) mass is 553 g/mol. The molecule has 2 aliphatic carbocycles. The lowest BCUT2D eigenvalue weighted by atomic mass is 9.85. The summed E-state index contributed by atoms with van der Waals surface area (Å²) in [7, 11) is 0. The standard InChI is InChI=1S/C24H17Br2N3O3/c25-18-7-13(8-19(26)22(18)32-12-17-4-2-1-3-16(17)10-27)11-28-29-23(30)20-14-5-6-15(9-14)21(20)24(29)31/h1-8,11,14-15,20-21H,9,12H2/t14-,15-,20-,21+/m0/s1. The third-order valence-corrected chi connectivity index (χ3v) is 7.48. The van der Waals surface area contributed by atoms with Gasteiger partial charge in [0.05, 0.1) is 38.6 Å². The molecule has 0 radical (unpaired) electrons. The summed E-state index contributed by atoms with van der Waals surface area (Å²) >= 11 is 7.02. The molecule has 2 fully saturated rings. The zero-order chi connectivity index (χ0) is 22.4. The molecule has 2 aromatic carbocycles. The normalized spacial score (nSPS) is 25.6. The van der Waals surface area contributed by atoms with Crippen molar-refractivity contribution in [2.24, 2.45) is 28.8 Å². The Labute approximate surface area is 201 Å². The Kier molecular flexibility index (Phi) is 5.48. The van der Waals surface area contributed by atoms with Crippen molar-refractivity contribution < 1.29 is 14.3 Å². The first-order valence-electron chi connectivity index (χ1n) is 10.2. The molecular weight excluding hydrogens is 538 g/mol. The molecule has 1 heterocycles. The second kappa shape index (κ2) is 8.30. The third-order valence-electron chi connectivity index (χ3n) is 6.30. The highest BCUT2D eigenvalue weighted by Gasteiger charge is 2.59. The van der Waals surface area contributed by atoms with Crippen molar-refractivity contribution >= 4 is 49.9 Å². The van der Waals surface area contributed by atoms with E-state index >= 15 is 0 Å². The highest BCUT2D eigenvalue weighted by molar-refractivity contribution is 9.11. The summed E-state index contributed by atoms with van der Waals surface area (Å²) in [6.07, 6.45) is 6.53. The minimum Gasteiger partial charge on any atom is -0.486 e. The fraction of sp³-hybridized carbons (Fsp3) is 0.250. The number of fused-ring (bicyclic) bond motifs is 5. The molecule has 6 nitrogen and oxygen atoms in total. The molecule has 2 bridgehead atoms. The van der Waals surface area contributed by atoms with Gasteiger partial charge < -0.3 is 4.74 Å². The van der Waals surface area contributed by atoms with Gasteiger partial charge in [-0.05, 0) is 73.9 Å². The predicted molar refractivity (Wildman–Crippen MR) is 124 cm³/mol. The maximum Gasteiger partial charge on any atom is 0.254 e. The Morgan fingerprint density at radius 3 is 2.34 bits per heavy atom. The van der Waals surface area contributed by atoms with E-state index in [4.69, 9.17) is 4.74 Å². The number of nitriles is 1. The quantitative estimate of drug-likeness (QED) is 0.302. The summed E-state index contributed by atoms with van der Waals surface area (Å²) in [6, 6.07) is 13.0. The van der Waals surface area contributed by atoms with Gasteiger partial charge in [-0.1, -0.05) is 30.4 Å². The third kappa shape index (κ3) is 3.50. The number of halogens is 2. The second-order valence-electron chi connectivity index (χ2n) is 8.10. The summed E-state index contributed by atoms with van der Waals surface area (Å²) in [6.45, 7) is 0.240. The number of ether oxygens (including phenoxy) is 1. The summed E-state index contributed by atoms with van der Waals surface area (Å²) in [5, 5.41) is 14.5. The maximum atomic E-state index is 12.8. The van der Waals surface area contributed by atoms with Crippen molar-refractivity contribution in [3.8, 4) is 11.8 Å². The average Bonchev–Trinajstić information content (AvgIpc) is 3.46. The molecule has 0 unspecified atom stereocenters. The van der Waals surface area contributed by atoms with Crippen LogP contribution in [0.5, 0.6) is 5.75 Å². The number of carbonyl (C=O) groups excluding carboxylic acids is 2. The minimum absolute atomic E-state index is 0.160. The molecule has 1 aliphatic heterocycles. The maximum absolute atomic E-state index is 12.8. The van der Waals surface area contributed by atoms with E-state index in [1.807, 2.05) is 18.2 Å². The number of hydrogen-bond acceptors (Lipinski definition) is 5. The topological polar surface area (TPSA) is 82.8 Å². The number of nitrogens with zero attached hydrogens (tertiary/aromatic N) is 3. The van der Waals surface area contributed by atoms with E-state index in [0.29, 0.717) is 25.8 Å². The van der Waals surface area contributed by atoms with E-state index < -0.39 is 0 Å². The van der Waals surface area contributed by atoms with Gasteiger partial charge in [0.2, 0.25) is 0 Å². The number of imide groups is 1. The molecule has 2 amide bonds. The van der Waals surface area contributed by atoms with E-state index in [1.54, 1.807) is 18.2 Å². The predicted octanol–water partition coefficient (Wildman–Crippen LogP) is 4.80. The van der Waals surface area contributed by atoms with E-state index in [2.05, 4.69) is 55.2 Å². The van der Waals surface area contributed by atoms with E-state index in [1.165, 1.54) is 6.21 Å². The van der Waals surface area contributed by atoms with Crippen molar-refractivity contribution in [2.45, 2.75) is 13.0 Å². The summed E-state index contributed by atoms with van der Waals surface area (Å²) in [5.41, 5.74) is 2.06. The highest BCUT2D eigenvalue weighted by Crippen LogP contribution is 2.52. The van der Waals surface area contributed by atoms with Crippen molar-refractivity contribution in [1.82, 2.24) is 5.01 Å². The summed E-state index contributed by atoms with van der Waals surface area (Å²) < 4.78 is 7.29. The Balaban J connectivity index is 1.32. The molecule has 160 valence electrons. The molecule has 32 heavy (non-hydrogen) atoms. The van der Waals surface area contributed by atoms with Gasteiger partial charge in [-0.15, -0.1) is 0 Å². The van der Waals surface area contributed by atoms with Gasteiger partial charge >= 0.3 is 0 Å². The largest absolute Gasteiger partial charge is 0.486 e. The van der Waals surface area contributed by atoms with Crippen LogP contribution >= 0.6 is 31.9 Å². The molecule has 4 atom stereocenters. The van der Waals surface area contributed by atoms with Crippen molar-refractivity contribution in [1.29, 1.82) is 5.26 Å². The first-order valence-corrected chi connectivity index (χ1v) is 11.8. The summed E-state index contributed by atoms with van der Waals surface area (Å²) in [4.78, 5) is 25.5. The van der Waals surface area contributed by atoms with Crippen LogP contribution in [0.3, 0.4) is 0 Å². The minimum atomic E-state index is -0.264. The number of rotatable bonds is 5. The first-order chi connectivity index (χ1) is 15.5. The van der Waals surface area contributed by atoms with Gasteiger partial charge in [0.15, 0.2) is 0 Å². The highest BCUT2D eigenvalue weighted by atomic mass is 79.9. The number of amides is 2. The van der Waals surface area contributed by atoms with E-state index in [0.717, 1.165) is 17.0 Å². The molecule has 5 rings (SSSR count). The Morgan fingerprint density at radius 1 is 1.09 bits per heavy atom. The number of benzene rings is 2. The van der Waals surface area contributed by atoms with Crippen molar-refractivity contribution in [3.05, 3.63) is 74.2 Å². The lowest BCUT2D eigenvalue weighted by Crippen LogP contribution is -2.28. The molecule has 0 spiro atoms. The van der Waals surface area contributed by atoms with E-state index in [-0.39, 0.29) is 42.1 Å². The van der Waals surface area contributed by atoms with Gasteiger partial charge in [0.1, 0.15) is 12.4 Å².